The SMILES string of the molecule is O=C(NCCC(=O)N1CCN(C/C=C/c2ccccc2)CC1)c1ccccc1Cl. The normalized spacial score (nSPS) is 14.9. The highest BCUT2D eigenvalue weighted by Crippen LogP contribution is 2.14. The van der Waals surface area contributed by atoms with E-state index in [1.807, 2.05) is 23.1 Å². The second-order valence-corrected chi connectivity index (χ2v) is 7.39. The molecule has 3 rings (SSSR count). The van der Waals surface area contributed by atoms with Crippen LogP contribution >= 0.6 is 11.6 Å². The monoisotopic (exact) mass is 411 g/mol. The first-order valence-corrected chi connectivity index (χ1v) is 10.3. The van der Waals surface area contributed by atoms with Gasteiger partial charge in [0.1, 0.15) is 0 Å². The van der Waals surface area contributed by atoms with E-state index < -0.39 is 0 Å². The fraction of sp³-hybridized carbons (Fsp3) is 0.304. The minimum atomic E-state index is -0.251. The van der Waals surface area contributed by atoms with Crippen LogP contribution in [0.1, 0.15) is 22.3 Å². The summed E-state index contributed by atoms with van der Waals surface area (Å²) in [6, 6.07) is 17.1. The van der Waals surface area contributed by atoms with Gasteiger partial charge in [0.25, 0.3) is 5.91 Å². The number of carbonyl (C=O) groups excluding carboxylic acids is 2. The molecule has 152 valence electrons. The zero-order chi connectivity index (χ0) is 20.5. The summed E-state index contributed by atoms with van der Waals surface area (Å²) in [6.45, 7) is 4.34. The summed E-state index contributed by atoms with van der Waals surface area (Å²) < 4.78 is 0. The molecule has 2 aromatic carbocycles. The number of rotatable bonds is 7. The van der Waals surface area contributed by atoms with E-state index >= 15 is 0 Å². The van der Waals surface area contributed by atoms with E-state index in [0.717, 1.165) is 32.7 Å². The maximum atomic E-state index is 12.4. The lowest BCUT2D eigenvalue weighted by atomic mass is 10.2. The Morgan fingerprint density at radius 3 is 2.38 bits per heavy atom. The third-order valence-electron chi connectivity index (χ3n) is 4.94. The minimum absolute atomic E-state index is 0.0731. The van der Waals surface area contributed by atoms with Crippen LogP contribution in [0, 0.1) is 0 Å². The molecule has 1 aliphatic rings. The summed E-state index contributed by atoms with van der Waals surface area (Å²) in [7, 11) is 0. The molecule has 0 bridgehead atoms. The van der Waals surface area contributed by atoms with Crippen LogP contribution < -0.4 is 5.32 Å². The van der Waals surface area contributed by atoms with E-state index in [-0.39, 0.29) is 11.8 Å². The van der Waals surface area contributed by atoms with E-state index in [2.05, 4.69) is 34.5 Å². The number of hydrogen-bond donors (Lipinski definition) is 1. The molecule has 29 heavy (non-hydrogen) atoms. The number of benzene rings is 2. The number of carbonyl (C=O) groups is 2. The Morgan fingerprint density at radius 2 is 1.66 bits per heavy atom. The van der Waals surface area contributed by atoms with Gasteiger partial charge in [0.15, 0.2) is 0 Å². The van der Waals surface area contributed by atoms with Crippen LogP contribution in [0.3, 0.4) is 0 Å². The Bertz CT molecular complexity index is 846. The van der Waals surface area contributed by atoms with Gasteiger partial charge in [0.2, 0.25) is 5.91 Å². The van der Waals surface area contributed by atoms with Gasteiger partial charge in [-0.2, -0.15) is 0 Å². The Labute approximate surface area is 177 Å². The summed E-state index contributed by atoms with van der Waals surface area (Å²) in [5, 5.41) is 3.18. The maximum Gasteiger partial charge on any atom is 0.252 e. The lowest BCUT2D eigenvalue weighted by molar-refractivity contribution is -0.132. The van der Waals surface area contributed by atoms with Gasteiger partial charge < -0.3 is 10.2 Å². The van der Waals surface area contributed by atoms with Gasteiger partial charge in [0.05, 0.1) is 10.6 Å². The molecule has 2 aromatic rings. The highest BCUT2D eigenvalue weighted by atomic mass is 35.5. The highest BCUT2D eigenvalue weighted by molar-refractivity contribution is 6.33. The van der Waals surface area contributed by atoms with Crippen molar-refractivity contribution < 1.29 is 9.59 Å². The predicted octanol–water partition coefficient (Wildman–Crippen LogP) is 3.32. The van der Waals surface area contributed by atoms with Crippen LogP contribution in [0.4, 0.5) is 0 Å². The van der Waals surface area contributed by atoms with Crippen molar-refractivity contribution in [3.8, 4) is 0 Å². The molecule has 6 heteroatoms. The maximum absolute atomic E-state index is 12.4. The van der Waals surface area contributed by atoms with E-state index in [1.54, 1.807) is 24.3 Å². The van der Waals surface area contributed by atoms with Gasteiger partial charge in [-0.1, -0.05) is 66.2 Å². The zero-order valence-electron chi connectivity index (χ0n) is 16.4. The number of amides is 2. The van der Waals surface area contributed by atoms with Crippen molar-refractivity contribution >= 4 is 29.5 Å². The average molecular weight is 412 g/mol. The zero-order valence-corrected chi connectivity index (χ0v) is 17.1. The van der Waals surface area contributed by atoms with Crippen molar-refractivity contribution in [3.05, 3.63) is 76.8 Å². The lowest BCUT2D eigenvalue weighted by Crippen LogP contribution is -2.49. The molecular weight excluding hydrogens is 386 g/mol. The molecule has 1 fully saturated rings. The summed E-state index contributed by atoms with van der Waals surface area (Å²) in [4.78, 5) is 28.8. The van der Waals surface area contributed by atoms with Crippen LogP contribution in [-0.4, -0.2) is 60.9 Å². The Hall–Kier alpha value is -2.63. The fourth-order valence-corrected chi connectivity index (χ4v) is 3.49. The summed E-state index contributed by atoms with van der Waals surface area (Å²) >= 11 is 6.02. The van der Waals surface area contributed by atoms with Crippen molar-refractivity contribution in [3.63, 3.8) is 0 Å². The quantitative estimate of drug-likeness (QED) is 0.760. The Morgan fingerprint density at radius 1 is 0.966 bits per heavy atom. The number of nitrogens with zero attached hydrogens (tertiary/aromatic N) is 2. The molecule has 0 spiro atoms. The number of piperazine rings is 1. The second kappa shape index (κ2) is 10.8. The molecule has 5 nitrogen and oxygen atoms in total. The van der Waals surface area contributed by atoms with E-state index in [0.29, 0.717) is 23.6 Å². The molecule has 0 unspecified atom stereocenters. The molecule has 1 N–H and O–H groups in total. The first kappa shape index (κ1) is 21.1. The van der Waals surface area contributed by atoms with Crippen molar-refractivity contribution in [1.29, 1.82) is 0 Å². The van der Waals surface area contributed by atoms with Crippen LogP contribution in [-0.2, 0) is 4.79 Å². The number of halogens is 1. The molecule has 1 saturated heterocycles. The summed E-state index contributed by atoms with van der Waals surface area (Å²) in [6.07, 6.45) is 4.58. The topological polar surface area (TPSA) is 52.7 Å². The summed E-state index contributed by atoms with van der Waals surface area (Å²) in [5.41, 5.74) is 1.62. The van der Waals surface area contributed by atoms with Gasteiger partial charge in [-0.3, -0.25) is 14.5 Å². The van der Waals surface area contributed by atoms with Crippen molar-refractivity contribution in [2.24, 2.45) is 0 Å². The fourth-order valence-electron chi connectivity index (χ4n) is 3.26. The third kappa shape index (κ3) is 6.44. The van der Waals surface area contributed by atoms with Gasteiger partial charge in [-0.25, -0.2) is 0 Å². The smallest absolute Gasteiger partial charge is 0.252 e. The molecule has 0 radical (unpaired) electrons. The summed E-state index contributed by atoms with van der Waals surface area (Å²) in [5.74, 6) is -0.178. The molecule has 1 aliphatic heterocycles. The molecule has 0 atom stereocenters. The van der Waals surface area contributed by atoms with E-state index in [4.69, 9.17) is 11.6 Å². The molecular formula is C23H26ClN3O2. The largest absolute Gasteiger partial charge is 0.351 e. The van der Waals surface area contributed by atoms with E-state index in [9.17, 15) is 9.59 Å². The lowest BCUT2D eigenvalue weighted by Gasteiger charge is -2.34. The van der Waals surface area contributed by atoms with Crippen LogP contribution in [0.5, 0.6) is 0 Å². The van der Waals surface area contributed by atoms with Crippen LogP contribution in [0.25, 0.3) is 6.08 Å². The van der Waals surface area contributed by atoms with E-state index in [1.165, 1.54) is 5.56 Å². The van der Waals surface area contributed by atoms with Gasteiger partial charge >= 0.3 is 0 Å². The molecule has 0 aliphatic carbocycles. The molecule has 0 aromatic heterocycles. The first-order chi connectivity index (χ1) is 14.1. The van der Waals surface area contributed by atoms with Crippen molar-refractivity contribution in [2.75, 3.05) is 39.3 Å². The predicted molar refractivity (Wildman–Crippen MR) is 117 cm³/mol. The standard InChI is InChI=1S/C23H26ClN3O2/c24-21-11-5-4-10-20(21)23(29)25-13-12-22(28)27-17-15-26(16-18-27)14-6-9-19-7-2-1-3-8-19/h1-11H,12-18H2,(H,25,29)/b9-6+. The van der Waals surface area contributed by atoms with Gasteiger partial charge in [-0.05, 0) is 17.7 Å². The molecule has 2 amide bonds. The number of hydrogen-bond acceptors (Lipinski definition) is 3. The van der Waals surface area contributed by atoms with Crippen LogP contribution in [0.2, 0.25) is 5.02 Å². The van der Waals surface area contributed by atoms with Crippen LogP contribution in [0.15, 0.2) is 60.7 Å². The van der Waals surface area contributed by atoms with Gasteiger partial charge in [0, 0.05) is 45.7 Å². The third-order valence-corrected chi connectivity index (χ3v) is 5.27. The Balaban J connectivity index is 1.35. The second-order valence-electron chi connectivity index (χ2n) is 6.98. The number of nitrogens with one attached hydrogen (secondary N) is 1. The Kier molecular flexibility index (Phi) is 7.85. The van der Waals surface area contributed by atoms with Gasteiger partial charge in [-0.15, -0.1) is 0 Å². The molecule has 0 saturated carbocycles. The minimum Gasteiger partial charge on any atom is -0.351 e. The van der Waals surface area contributed by atoms with Crippen molar-refractivity contribution in [1.82, 2.24) is 15.1 Å². The first-order valence-electron chi connectivity index (χ1n) is 9.88. The average Bonchev–Trinajstić information content (AvgIpc) is 2.75. The molecule has 1 heterocycles. The van der Waals surface area contributed by atoms with Crippen molar-refractivity contribution in [2.45, 2.75) is 6.42 Å². The highest BCUT2D eigenvalue weighted by Gasteiger charge is 2.20.